The first-order valence-electron chi connectivity index (χ1n) is 35.6. The molecule has 1 unspecified atom stereocenters. The van der Waals surface area contributed by atoms with Crippen LogP contribution in [0.25, 0.3) is 0 Å². The second-order valence-corrected chi connectivity index (χ2v) is 24.1. The molecule has 0 amide bonds. The monoisotopic (exact) mass is 1120 g/mol. The molecule has 1 atom stereocenters. The zero-order chi connectivity index (χ0) is 57.8. The van der Waals surface area contributed by atoms with Crippen molar-refractivity contribution >= 4 is 17.9 Å². The van der Waals surface area contributed by atoms with Crippen LogP contribution in [0.4, 0.5) is 0 Å². The first-order valence-corrected chi connectivity index (χ1v) is 35.6. The fourth-order valence-electron chi connectivity index (χ4n) is 10.7. The topological polar surface area (TPSA) is 78.9 Å². The van der Waals surface area contributed by atoms with Gasteiger partial charge in [-0.3, -0.25) is 14.4 Å². The lowest BCUT2D eigenvalue weighted by Gasteiger charge is -2.18. The minimum atomic E-state index is -0.783. The highest BCUT2D eigenvalue weighted by molar-refractivity contribution is 5.71. The van der Waals surface area contributed by atoms with Gasteiger partial charge in [0, 0.05) is 19.3 Å². The van der Waals surface area contributed by atoms with Crippen molar-refractivity contribution in [1.29, 1.82) is 0 Å². The Morgan fingerprint density at radius 1 is 0.250 bits per heavy atom. The van der Waals surface area contributed by atoms with E-state index in [-0.39, 0.29) is 31.1 Å². The summed E-state index contributed by atoms with van der Waals surface area (Å²) < 4.78 is 16.9. The second-order valence-electron chi connectivity index (χ2n) is 24.1. The average molecular weight is 1120 g/mol. The standard InChI is InChI=1S/C74H136O6/c1-4-7-10-13-16-19-22-25-27-29-31-32-33-34-35-36-37-38-39-40-41-42-43-45-46-49-52-55-58-61-64-67-73(76)79-70-71(69-78-72(75)66-63-60-57-54-51-48-24-21-18-15-12-9-6-3)80-74(77)68-65-62-59-56-53-50-47-44-30-28-26-23-20-17-14-11-8-5-2/h12,15,20-21,23-24,28,30,71H,4-11,13-14,16-19,22,25-27,29,31-70H2,1-3H3/b15-12-,23-20-,24-21-,30-28-. The average Bonchev–Trinajstić information content (AvgIpc) is 3.46. The van der Waals surface area contributed by atoms with Crippen LogP contribution in [-0.4, -0.2) is 37.2 Å². The molecule has 80 heavy (non-hydrogen) atoms. The lowest BCUT2D eigenvalue weighted by Crippen LogP contribution is -2.30. The van der Waals surface area contributed by atoms with E-state index in [1.807, 2.05) is 0 Å². The van der Waals surface area contributed by atoms with Gasteiger partial charge in [-0.1, -0.05) is 339 Å². The summed E-state index contributed by atoms with van der Waals surface area (Å²) in [6.07, 6.45) is 87.3. The van der Waals surface area contributed by atoms with Crippen molar-refractivity contribution in [3.8, 4) is 0 Å². The summed E-state index contributed by atoms with van der Waals surface area (Å²) >= 11 is 0. The lowest BCUT2D eigenvalue weighted by atomic mass is 10.0. The van der Waals surface area contributed by atoms with Crippen molar-refractivity contribution in [1.82, 2.24) is 0 Å². The number of carbonyl (C=O) groups excluding carboxylic acids is 3. The minimum absolute atomic E-state index is 0.0774. The van der Waals surface area contributed by atoms with Crippen molar-refractivity contribution in [2.45, 2.75) is 393 Å². The molecule has 0 spiro atoms. The van der Waals surface area contributed by atoms with Gasteiger partial charge in [0.1, 0.15) is 13.2 Å². The van der Waals surface area contributed by atoms with Gasteiger partial charge in [-0.25, -0.2) is 0 Å². The molecular formula is C74H136O6. The summed E-state index contributed by atoms with van der Waals surface area (Å²) in [5, 5.41) is 0. The highest BCUT2D eigenvalue weighted by atomic mass is 16.6. The van der Waals surface area contributed by atoms with Crippen LogP contribution in [0.5, 0.6) is 0 Å². The summed E-state index contributed by atoms with van der Waals surface area (Å²) in [5.74, 6) is -0.877. The maximum absolute atomic E-state index is 12.9. The highest BCUT2D eigenvalue weighted by Gasteiger charge is 2.19. The maximum atomic E-state index is 12.9. The Kier molecular flexibility index (Phi) is 66.6. The largest absolute Gasteiger partial charge is 0.462 e. The van der Waals surface area contributed by atoms with E-state index in [9.17, 15) is 14.4 Å². The van der Waals surface area contributed by atoms with E-state index in [1.54, 1.807) is 0 Å². The smallest absolute Gasteiger partial charge is 0.306 e. The summed E-state index contributed by atoms with van der Waals surface area (Å²) in [7, 11) is 0. The molecule has 0 aliphatic heterocycles. The number of esters is 3. The van der Waals surface area contributed by atoms with Gasteiger partial charge in [0.05, 0.1) is 0 Å². The zero-order valence-corrected chi connectivity index (χ0v) is 53.9. The normalized spacial score (nSPS) is 12.3. The summed E-state index contributed by atoms with van der Waals surface area (Å²) in [6.45, 7) is 6.60. The van der Waals surface area contributed by atoms with Crippen LogP contribution >= 0.6 is 0 Å². The van der Waals surface area contributed by atoms with E-state index in [0.29, 0.717) is 19.3 Å². The Hall–Kier alpha value is -2.63. The molecule has 0 aromatic heterocycles. The molecule has 0 radical (unpaired) electrons. The molecular weight excluding hydrogens is 985 g/mol. The van der Waals surface area contributed by atoms with Gasteiger partial charge >= 0.3 is 17.9 Å². The Morgan fingerprint density at radius 2 is 0.475 bits per heavy atom. The molecule has 0 fully saturated rings. The minimum Gasteiger partial charge on any atom is -0.462 e. The quantitative estimate of drug-likeness (QED) is 0.0261. The Labute approximate surface area is 498 Å². The number of unbranched alkanes of at least 4 members (excludes halogenated alkanes) is 47. The molecule has 0 aliphatic rings. The third-order valence-electron chi connectivity index (χ3n) is 16.0. The lowest BCUT2D eigenvalue weighted by molar-refractivity contribution is -0.167. The van der Waals surface area contributed by atoms with Gasteiger partial charge in [0.25, 0.3) is 0 Å². The predicted molar refractivity (Wildman–Crippen MR) is 349 cm³/mol. The van der Waals surface area contributed by atoms with Gasteiger partial charge in [-0.05, 0) is 77.0 Å². The summed E-state index contributed by atoms with van der Waals surface area (Å²) in [6, 6.07) is 0. The highest BCUT2D eigenvalue weighted by Crippen LogP contribution is 2.19. The van der Waals surface area contributed by atoms with E-state index >= 15 is 0 Å². The van der Waals surface area contributed by atoms with Crippen molar-refractivity contribution < 1.29 is 28.6 Å². The molecule has 0 heterocycles. The number of carbonyl (C=O) groups is 3. The van der Waals surface area contributed by atoms with Crippen LogP contribution in [0.3, 0.4) is 0 Å². The van der Waals surface area contributed by atoms with E-state index in [1.165, 1.54) is 250 Å². The molecule has 468 valence electrons. The van der Waals surface area contributed by atoms with E-state index < -0.39 is 6.10 Å². The Bertz CT molecular complexity index is 1380. The predicted octanol–water partition coefficient (Wildman–Crippen LogP) is 24.5. The Morgan fingerprint density at radius 3 is 0.750 bits per heavy atom. The molecule has 0 rings (SSSR count). The summed E-state index contributed by atoms with van der Waals surface area (Å²) in [5.41, 5.74) is 0. The number of rotatable bonds is 66. The Balaban J connectivity index is 4.15. The fourth-order valence-corrected chi connectivity index (χ4v) is 10.7. The van der Waals surface area contributed by atoms with Gasteiger partial charge in [-0.15, -0.1) is 0 Å². The third kappa shape index (κ3) is 66.2. The molecule has 0 aromatic carbocycles. The zero-order valence-electron chi connectivity index (χ0n) is 53.9. The van der Waals surface area contributed by atoms with Gasteiger partial charge in [-0.2, -0.15) is 0 Å². The van der Waals surface area contributed by atoms with E-state index in [0.717, 1.165) is 96.3 Å². The van der Waals surface area contributed by atoms with Crippen molar-refractivity contribution in [2.24, 2.45) is 0 Å². The molecule has 0 saturated heterocycles. The van der Waals surface area contributed by atoms with E-state index in [2.05, 4.69) is 69.4 Å². The molecule has 6 heteroatoms. The van der Waals surface area contributed by atoms with Crippen LogP contribution in [0.1, 0.15) is 387 Å². The molecule has 0 N–H and O–H groups in total. The summed E-state index contributed by atoms with van der Waals surface area (Å²) in [4.78, 5) is 38.4. The SMILES string of the molecule is CCC/C=C\C/C=C\CCCCCCCC(=O)OCC(COC(=O)CCCCCCCCCCCCCCCCCCCCCCCCCCCCCCCCC)OC(=O)CCCCCCCCC/C=C\C/C=C\CCCCCC. The van der Waals surface area contributed by atoms with Gasteiger partial charge < -0.3 is 14.2 Å². The van der Waals surface area contributed by atoms with Crippen LogP contribution in [0.15, 0.2) is 48.6 Å². The third-order valence-corrected chi connectivity index (χ3v) is 16.0. The molecule has 0 saturated carbocycles. The number of hydrogen-bond acceptors (Lipinski definition) is 6. The molecule has 0 aromatic rings. The number of ether oxygens (including phenoxy) is 3. The second kappa shape index (κ2) is 68.9. The van der Waals surface area contributed by atoms with Crippen molar-refractivity contribution in [3.63, 3.8) is 0 Å². The molecule has 0 bridgehead atoms. The fraction of sp³-hybridized carbons (Fsp3) is 0.851. The molecule has 6 nitrogen and oxygen atoms in total. The number of hydrogen-bond donors (Lipinski definition) is 0. The van der Waals surface area contributed by atoms with Crippen LogP contribution in [0, 0.1) is 0 Å². The van der Waals surface area contributed by atoms with Gasteiger partial charge in [0.15, 0.2) is 6.10 Å². The van der Waals surface area contributed by atoms with Crippen LogP contribution < -0.4 is 0 Å². The first-order chi connectivity index (χ1) is 39.5. The van der Waals surface area contributed by atoms with Crippen LogP contribution in [0.2, 0.25) is 0 Å². The molecule has 0 aliphatic carbocycles. The van der Waals surface area contributed by atoms with Crippen molar-refractivity contribution in [3.05, 3.63) is 48.6 Å². The first kappa shape index (κ1) is 77.4. The van der Waals surface area contributed by atoms with Gasteiger partial charge in [0.2, 0.25) is 0 Å². The van der Waals surface area contributed by atoms with Crippen LogP contribution in [-0.2, 0) is 28.6 Å². The maximum Gasteiger partial charge on any atom is 0.306 e. The number of allylic oxidation sites excluding steroid dienone is 8. The van der Waals surface area contributed by atoms with E-state index in [4.69, 9.17) is 14.2 Å². The van der Waals surface area contributed by atoms with Crippen molar-refractivity contribution in [2.75, 3.05) is 13.2 Å².